The summed E-state index contributed by atoms with van der Waals surface area (Å²) in [7, 11) is -3.50. The Labute approximate surface area is 178 Å². The van der Waals surface area contributed by atoms with Gasteiger partial charge in [0.2, 0.25) is 10.0 Å². The number of nitrogens with zero attached hydrogens (tertiary/aromatic N) is 1. The van der Waals surface area contributed by atoms with Crippen LogP contribution in [0, 0.1) is 5.92 Å². The summed E-state index contributed by atoms with van der Waals surface area (Å²) in [4.78, 5) is 13.1. The van der Waals surface area contributed by atoms with Crippen LogP contribution in [0.5, 0.6) is 0 Å². The minimum atomic E-state index is -3.50. The van der Waals surface area contributed by atoms with Crippen LogP contribution in [0.2, 0.25) is 0 Å². The SMILES string of the molecule is CC1NNC(C)C1S(=O)(=O)N1CCCC(C(=O)c2ccc(-c3ccccc3)cc2)C1. The Morgan fingerprint density at radius 3 is 2.17 bits per heavy atom. The normalized spacial score (nSPS) is 27.8. The molecule has 4 rings (SSSR count). The van der Waals surface area contributed by atoms with Crippen LogP contribution in [-0.4, -0.2) is 48.9 Å². The van der Waals surface area contributed by atoms with Crippen molar-refractivity contribution < 1.29 is 13.2 Å². The molecule has 7 heteroatoms. The van der Waals surface area contributed by atoms with Gasteiger partial charge in [-0.2, -0.15) is 0 Å². The van der Waals surface area contributed by atoms with E-state index in [-0.39, 0.29) is 30.3 Å². The number of Topliss-reactive ketones (excluding diaryl/α,β-unsaturated/α-hetero) is 1. The molecule has 2 fully saturated rings. The fourth-order valence-electron chi connectivity index (χ4n) is 4.63. The molecule has 0 aromatic heterocycles. The number of hydrogen-bond acceptors (Lipinski definition) is 5. The Kier molecular flexibility index (Phi) is 6.06. The summed E-state index contributed by atoms with van der Waals surface area (Å²) >= 11 is 0. The summed E-state index contributed by atoms with van der Waals surface area (Å²) in [5, 5.41) is -0.531. The number of rotatable bonds is 5. The van der Waals surface area contributed by atoms with Gasteiger partial charge in [0.15, 0.2) is 5.78 Å². The number of hydrogen-bond donors (Lipinski definition) is 2. The second-order valence-electron chi connectivity index (χ2n) is 8.38. The van der Waals surface area contributed by atoms with Crippen LogP contribution in [0.3, 0.4) is 0 Å². The van der Waals surface area contributed by atoms with Crippen molar-refractivity contribution in [3.05, 3.63) is 60.2 Å². The predicted octanol–water partition coefficient (Wildman–Crippen LogP) is 2.83. The van der Waals surface area contributed by atoms with Gasteiger partial charge in [0, 0.05) is 36.7 Å². The smallest absolute Gasteiger partial charge is 0.220 e. The van der Waals surface area contributed by atoms with E-state index in [9.17, 15) is 13.2 Å². The standard InChI is InChI=1S/C23H29N3O3S/c1-16-23(17(2)25-24-16)30(28,29)26-14-6-9-21(15-26)22(27)20-12-10-19(11-13-20)18-7-4-3-5-8-18/h3-5,7-8,10-13,16-17,21,23-25H,6,9,14-15H2,1-2H3. The van der Waals surface area contributed by atoms with E-state index in [1.165, 1.54) is 4.31 Å². The third-order valence-corrected chi connectivity index (χ3v) is 8.82. The maximum absolute atomic E-state index is 13.2. The van der Waals surface area contributed by atoms with Crippen molar-refractivity contribution in [3.8, 4) is 11.1 Å². The van der Waals surface area contributed by atoms with Crippen LogP contribution in [0.4, 0.5) is 0 Å². The van der Waals surface area contributed by atoms with Crippen LogP contribution < -0.4 is 10.9 Å². The first kappa shape index (κ1) is 21.2. The Morgan fingerprint density at radius 2 is 1.53 bits per heavy atom. The van der Waals surface area contributed by atoms with Gasteiger partial charge in [-0.15, -0.1) is 0 Å². The molecule has 2 N–H and O–H groups in total. The van der Waals surface area contributed by atoms with Crippen LogP contribution in [0.15, 0.2) is 54.6 Å². The summed E-state index contributed by atoms with van der Waals surface area (Å²) in [5.41, 5.74) is 8.85. The van der Waals surface area contributed by atoms with Gasteiger partial charge in [-0.1, -0.05) is 54.6 Å². The molecule has 2 aromatic carbocycles. The molecule has 2 aliphatic heterocycles. The first-order valence-corrected chi connectivity index (χ1v) is 12.1. The van der Waals surface area contributed by atoms with Gasteiger partial charge in [0.05, 0.1) is 0 Å². The molecule has 160 valence electrons. The summed E-state index contributed by atoms with van der Waals surface area (Å²) in [6.07, 6.45) is 1.42. The van der Waals surface area contributed by atoms with Gasteiger partial charge in [-0.3, -0.25) is 15.6 Å². The molecule has 0 radical (unpaired) electrons. The van der Waals surface area contributed by atoms with Crippen molar-refractivity contribution in [1.29, 1.82) is 0 Å². The average molecular weight is 428 g/mol. The van der Waals surface area contributed by atoms with E-state index in [0.717, 1.165) is 17.5 Å². The molecular formula is C23H29N3O3S. The highest BCUT2D eigenvalue weighted by atomic mass is 32.2. The van der Waals surface area contributed by atoms with E-state index in [1.54, 1.807) is 0 Å². The average Bonchev–Trinajstić information content (AvgIpc) is 3.12. The first-order valence-electron chi connectivity index (χ1n) is 10.6. The summed E-state index contributed by atoms with van der Waals surface area (Å²) in [6.45, 7) is 4.49. The third-order valence-electron chi connectivity index (χ3n) is 6.26. The number of carbonyl (C=O) groups excluding carboxylic acids is 1. The Balaban J connectivity index is 1.48. The van der Waals surface area contributed by atoms with Crippen LogP contribution in [0.1, 0.15) is 37.0 Å². The lowest BCUT2D eigenvalue weighted by atomic mass is 9.90. The second kappa shape index (κ2) is 8.59. The van der Waals surface area contributed by atoms with Gasteiger partial charge in [0.25, 0.3) is 0 Å². The largest absolute Gasteiger partial charge is 0.294 e. The van der Waals surface area contributed by atoms with E-state index in [4.69, 9.17) is 0 Å². The highest BCUT2D eigenvalue weighted by molar-refractivity contribution is 7.89. The summed E-state index contributed by atoms with van der Waals surface area (Å²) in [6, 6.07) is 17.3. The molecule has 30 heavy (non-hydrogen) atoms. The lowest BCUT2D eigenvalue weighted by Gasteiger charge is -2.34. The summed E-state index contributed by atoms with van der Waals surface area (Å²) < 4.78 is 28.0. The maximum atomic E-state index is 13.2. The quantitative estimate of drug-likeness (QED) is 0.718. The van der Waals surface area contributed by atoms with Crippen molar-refractivity contribution >= 4 is 15.8 Å². The minimum Gasteiger partial charge on any atom is -0.294 e. The van der Waals surface area contributed by atoms with Gasteiger partial charge in [-0.25, -0.2) is 12.7 Å². The van der Waals surface area contributed by atoms with Crippen molar-refractivity contribution in [2.24, 2.45) is 5.92 Å². The monoisotopic (exact) mass is 427 g/mol. The van der Waals surface area contributed by atoms with Crippen molar-refractivity contribution in [1.82, 2.24) is 15.2 Å². The molecule has 0 spiro atoms. The van der Waals surface area contributed by atoms with Gasteiger partial charge >= 0.3 is 0 Å². The Bertz CT molecular complexity index is 982. The van der Waals surface area contributed by atoms with Crippen LogP contribution in [-0.2, 0) is 10.0 Å². The van der Waals surface area contributed by atoms with E-state index >= 15 is 0 Å². The highest BCUT2D eigenvalue weighted by Gasteiger charge is 2.45. The molecule has 0 saturated carbocycles. The van der Waals surface area contributed by atoms with E-state index < -0.39 is 15.3 Å². The molecule has 2 aromatic rings. The lowest BCUT2D eigenvalue weighted by molar-refractivity contribution is 0.0872. The van der Waals surface area contributed by atoms with E-state index in [2.05, 4.69) is 10.9 Å². The third kappa shape index (κ3) is 4.07. The van der Waals surface area contributed by atoms with Gasteiger partial charge in [-0.05, 0) is 37.8 Å². The number of carbonyl (C=O) groups is 1. The second-order valence-corrected chi connectivity index (χ2v) is 10.5. The Morgan fingerprint density at radius 1 is 0.933 bits per heavy atom. The highest BCUT2D eigenvalue weighted by Crippen LogP contribution is 2.28. The number of piperidine rings is 1. The zero-order valence-electron chi connectivity index (χ0n) is 17.4. The zero-order chi connectivity index (χ0) is 21.3. The number of sulfonamides is 1. The predicted molar refractivity (Wildman–Crippen MR) is 118 cm³/mol. The number of ketones is 1. The topological polar surface area (TPSA) is 78.5 Å². The van der Waals surface area contributed by atoms with Crippen molar-refractivity contribution in [3.63, 3.8) is 0 Å². The minimum absolute atomic E-state index is 0.0262. The number of benzene rings is 2. The van der Waals surface area contributed by atoms with Crippen molar-refractivity contribution in [2.45, 2.75) is 44.0 Å². The molecule has 2 heterocycles. The first-order chi connectivity index (χ1) is 14.4. The fourth-order valence-corrected chi connectivity index (χ4v) is 6.91. The Hall–Kier alpha value is -2.06. The van der Waals surface area contributed by atoms with E-state index in [1.807, 2.05) is 68.4 Å². The van der Waals surface area contributed by atoms with Crippen LogP contribution in [0.25, 0.3) is 11.1 Å². The molecule has 0 bridgehead atoms. The fraction of sp³-hybridized carbons (Fsp3) is 0.435. The van der Waals surface area contributed by atoms with Crippen LogP contribution >= 0.6 is 0 Å². The number of hydrazine groups is 1. The molecule has 6 nitrogen and oxygen atoms in total. The number of nitrogens with one attached hydrogen (secondary N) is 2. The lowest BCUT2D eigenvalue weighted by Crippen LogP contribution is -2.51. The molecule has 3 atom stereocenters. The van der Waals surface area contributed by atoms with Gasteiger partial charge in [0.1, 0.15) is 5.25 Å². The molecule has 0 aliphatic carbocycles. The summed E-state index contributed by atoms with van der Waals surface area (Å²) in [5.74, 6) is -0.276. The molecule has 2 saturated heterocycles. The molecule has 3 unspecified atom stereocenters. The zero-order valence-corrected chi connectivity index (χ0v) is 18.2. The molecular weight excluding hydrogens is 398 g/mol. The van der Waals surface area contributed by atoms with E-state index in [0.29, 0.717) is 18.5 Å². The molecule has 2 aliphatic rings. The maximum Gasteiger partial charge on any atom is 0.220 e. The molecule has 0 amide bonds. The van der Waals surface area contributed by atoms with Gasteiger partial charge < -0.3 is 0 Å². The van der Waals surface area contributed by atoms with Crippen molar-refractivity contribution in [2.75, 3.05) is 13.1 Å².